The quantitative estimate of drug-likeness (QED) is 0.684. The number of likely N-dealkylation sites (N-methyl/N-ethyl adjacent to an activating group) is 1. The number of hydrogen-bond acceptors (Lipinski definition) is 3. The van der Waals surface area contributed by atoms with E-state index in [2.05, 4.69) is 5.32 Å². The maximum absolute atomic E-state index is 11.3. The van der Waals surface area contributed by atoms with E-state index in [-0.39, 0.29) is 12.5 Å². The Morgan fingerprint density at radius 1 is 1.38 bits per heavy atom. The molecule has 2 N–H and O–H groups in total. The first-order chi connectivity index (χ1) is 7.38. The van der Waals surface area contributed by atoms with Crippen LogP contribution in [0.25, 0.3) is 0 Å². The summed E-state index contributed by atoms with van der Waals surface area (Å²) >= 11 is 5.44. The van der Waals surface area contributed by atoms with Crippen molar-refractivity contribution in [2.75, 3.05) is 20.1 Å². The minimum absolute atomic E-state index is 0.153. The van der Waals surface area contributed by atoms with Crippen LogP contribution in [0.2, 0.25) is 0 Å². The minimum Gasteiger partial charge on any atom is -0.345 e. The van der Waals surface area contributed by atoms with Crippen LogP contribution in [-0.4, -0.2) is 48.3 Å². The molecule has 0 aliphatic carbocycles. The summed E-state index contributed by atoms with van der Waals surface area (Å²) in [7, 11) is 1.62. The van der Waals surface area contributed by atoms with Gasteiger partial charge >= 0.3 is 6.03 Å². The van der Waals surface area contributed by atoms with E-state index < -0.39 is 17.3 Å². The van der Waals surface area contributed by atoms with Crippen molar-refractivity contribution in [1.29, 1.82) is 0 Å². The average molecular weight is 250 g/mol. The van der Waals surface area contributed by atoms with Crippen LogP contribution in [0, 0.1) is 0 Å². The van der Waals surface area contributed by atoms with Gasteiger partial charge in [-0.1, -0.05) is 0 Å². The third-order valence-electron chi connectivity index (χ3n) is 1.90. The molecule has 0 saturated carbocycles. The zero-order valence-electron chi connectivity index (χ0n) is 9.54. The van der Waals surface area contributed by atoms with Crippen molar-refractivity contribution >= 4 is 29.4 Å². The molecule has 0 spiro atoms. The fourth-order valence-electron chi connectivity index (χ4n) is 0.723. The number of halogens is 1. The van der Waals surface area contributed by atoms with Gasteiger partial charge in [-0.2, -0.15) is 0 Å². The monoisotopic (exact) mass is 249 g/mol. The van der Waals surface area contributed by atoms with Crippen LogP contribution in [0.4, 0.5) is 4.79 Å². The molecule has 92 valence electrons. The van der Waals surface area contributed by atoms with Gasteiger partial charge in [0, 0.05) is 13.6 Å². The van der Waals surface area contributed by atoms with Gasteiger partial charge in [-0.15, -0.1) is 11.6 Å². The standard InChI is InChI=1S/C9H16ClN3O3/c1-4-13(3)7(14)5-11-9(16)12-8(15)6(2)10/h6H,4-5H2,1-3H3,(H2,11,12,15,16). The summed E-state index contributed by atoms with van der Waals surface area (Å²) in [6, 6.07) is -0.727. The van der Waals surface area contributed by atoms with Crippen LogP contribution >= 0.6 is 11.6 Å². The van der Waals surface area contributed by atoms with Gasteiger partial charge in [0.25, 0.3) is 0 Å². The SMILES string of the molecule is CCN(C)C(=O)CNC(=O)NC(=O)C(C)Cl. The predicted octanol–water partition coefficient (Wildman–Crippen LogP) is -0.0822. The molecular formula is C9H16ClN3O3. The Labute approximate surface area is 99.3 Å². The molecule has 0 aliphatic heterocycles. The lowest BCUT2D eigenvalue weighted by molar-refractivity contribution is -0.128. The zero-order valence-corrected chi connectivity index (χ0v) is 10.3. The third-order valence-corrected chi connectivity index (χ3v) is 2.10. The first-order valence-electron chi connectivity index (χ1n) is 4.85. The van der Waals surface area contributed by atoms with Gasteiger partial charge < -0.3 is 10.2 Å². The van der Waals surface area contributed by atoms with Gasteiger partial charge in [0.1, 0.15) is 5.38 Å². The molecule has 6 nitrogen and oxygen atoms in total. The van der Waals surface area contributed by atoms with Gasteiger partial charge in [-0.05, 0) is 13.8 Å². The van der Waals surface area contributed by atoms with Gasteiger partial charge in [0.05, 0.1) is 6.54 Å². The van der Waals surface area contributed by atoms with Crippen LogP contribution in [0.1, 0.15) is 13.8 Å². The summed E-state index contributed by atoms with van der Waals surface area (Å²) in [6.07, 6.45) is 0. The summed E-state index contributed by atoms with van der Waals surface area (Å²) in [6.45, 7) is 3.66. The van der Waals surface area contributed by atoms with Crippen LogP contribution in [0.5, 0.6) is 0 Å². The first kappa shape index (κ1) is 14.7. The molecular weight excluding hydrogens is 234 g/mol. The lowest BCUT2D eigenvalue weighted by Gasteiger charge is -2.14. The van der Waals surface area contributed by atoms with E-state index in [0.717, 1.165) is 0 Å². The predicted molar refractivity (Wildman–Crippen MR) is 60.2 cm³/mol. The lowest BCUT2D eigenvalue weighted by Crippen LogP contribution is -2.46. The van der Waals surface area contributed by atoms with Crippen LogP contribution < -0.4 is 10.6 Å². The maximum Gasteiger partial charge on any atom is 0.321 e. The van der Waals surface area contributed by atoms with Crippen molar-refractivity contribution in [3.63, 3.8) is 0 Å². The number of rotatable bonds is 4. The highest BCUT2D eigenvalue weighted by atomic mass is 35.5. The van der Waals surface area contributed by atoms with Crippen molar-refractivity contribution in [3.8, 4) is 0 Å². The summed E-state index contributed by atoms with van der Waals surface area (Å²) in [5.74, 6) is -0.834. The molecule has 1 atom stereocenters. The van der Waals surface area contributed by atoms with Crippen LogP contribution in [0.3, 0.4) is 0 Å². The zero-order chi connectivity index (χ0) is 12.7. The van der Waals surface area contributed by atoms with E-state index in [1.165, 1.54) is 11.8 Å². The van der Waals surface area contributed by atoms with Gasteiger partial charge in [-0.25, -0.2) is 4.79 Å². The largest absolute Gasteiger partial charge is 0.345 e. The van der Waals surface area contributed by atoms with Gasteiger partial charge in [-0.3, -0.25) is 14.9 Å². The van der Waals surface area contributed by atoms with Crippen molar-refractivity contribution < 1.29 is 14.4 Å². The molecule has 0 radical (unpaired) electrons. The fraction of sp³-hybridized carbons (Fsp3) is 0.667. The second-order valence-electron chi connectivity index (χ2n) is 3.20. The fourth-order valence-corrected chi connectivity index (χ4v) is 0.777. The Hall–Kier alpha value is -1.30. The molecule has 0 aromatic rings. The van der Waals surface area contributed by atoms with E-state index in [4.69, 9.17) is 11.6 Å². The van der Waals surface area contributed by atoms with Crippen LogP contribution in [0.15, 0.2) is 0 Å². The molecule has 1 unspecified atom stereocenters. The molecule has 0 rings (SSSR count). The number of urea groups is 1. The number of nitrogens with one attached hydrogen (secondary N) is 2. The highest BCUT2D eigenvalue weighted by Gasteiger charge is 2.14. The normalized spacial score (nSPS) is 11.5. The molecule has 0 aromatic carbocycles. The molecule has 0 aromatic heterocycles. The van der Waals surface area contributed by atoms with Gasteiger partial charge in [0.15, 0.2) is 0 Å². The lowest BCUT2D eigenvalue weighted by atomic mass is 10.4. The Bertz CT molecular complexity index is 281. The topological polar surface area (TPSA) is 78.5 Å². The minimum atomic E-state index is -0.792. The number of nitrogens with zero attached hydrogens (tertiary/aromatic N) is 1. The van der Waals surface area contributed by atoms with Crippen molar-refractivity contribution in [1.82, 2.24) is 15.5 Å². The number of imide groups is 1. The third kappa shape index (κ3) is 5.55. The van der Waals surface area contributed by atoms with Crippen molar-refractivity contribution in [2.45, 2.75) is 19.2 Å². The Morgan fingerprint density at radius 2 is 1.94 bits per heavy atom. The van der Waals surface area contributed by atoms with E-state index in [0.29, 0.717) is 6.54 Å². The van der Waals surface area contributed by atoms with E-state index in [1.54, 1.807) is 7.05 Å². The molecule has 4 amide bonds. The highest BCUT2D eigenvalue weighted by molar-refractivity contribution is 6.31. The summed E-state index contributed by atoms with van der Waals surface area (Å²) in [5, 5.41) is 3.47. The second kappa shape index (κ2) is 7.05. The Morgan fingerprint density at radius 3 is 2.38 bits per heavy atom. The number of carbonyl (C=O) groups excluding carboxylic acids is 3. The molecule has 0 bridgehead atoms. The van der Waals surface area contributed by atoms with Crippen molar-refractivity contribution in [3.05, 3.63) is 0 Å². The van der Waals surface area contributed by atoms with Crippen LogP contribution in [-0.2, 0) is 9.59 Å². The summed E-state index contributed by atoms with van der Waals surface area (Å²) in [5.41, 5.74) is 0. The first-order valence-corrected chi connectivity index (χ1v) is 5.28. The molecule has 0 heterocycles. The maximum atomic E-state index is 11.3. The highest BCUT2D eigenvalue weighted by Crippen LogP contribution is 1.91. The van der Waals surface area contributed by atoms with Gasteiger partial charge in [0.2, 0.25) is 11.8 Å². The second-order valence-corrected chi connectivity index (χ2v) is 3.85. The van der Waals surface area contributed by atoms with E-state index in [1.807, 2.05) is 12.2 Å². The smallest absolute Gasteiger partial charge is 0.321 e. The molecule has 16 heavy (non-hydrogen) atoms. The molecule has 0 fully saturated rings. The van der Waals surface area contributed by atoms with E-state index in [9.17, 15) is 14.4 Å². The number of hydrogen-bond donors (Lipinski definition) is 2. The van der Waals surface area contributed by atoms with Crippen molar-refractivity contribution in [2.24, 2.45) is 0 Å². The number of amides is 4. The summed E-state index contributed by atoms with van der Waals surface area (Å²) < 4.78 is 0. The molecule has 0 aliphatic rings. The summed E-state index contributed by atoms with van der Waals surface area (Å²) in [4.78, 5) is 34.8. The number of alkyl halides is 1. The molecule has 7 heteroatoms. The molecule has 0 saturated heterocycles. The average Bonchev–Trinajstić information content (AvgIpc) is 2.24. The number of carbonyl (C=O) groups is 3. The van der Waals surface area contributed by atoms with E-state index >= 15 is 0 Å². The Kier molecular flexibility index (Phi) is 6.48. The Balaban J connectivity index is 3.91.